The fourth-order valence-corrected chi connectivity index (χ4v) is 2.49. The highest BCUT2D eigenvalue weighted by molar-refractivity contribution is 7.71. The summed E-state index contributed by atoms with van der Waals surface area (Å²) in [7, 11) is 0. The lowest BCUT2D eigenvalue weighted by molar-refractivity contribution is 0.0951. The summed E-state index contributed by atoms with van der Waals surface area (Å²) in [5.74, 6) is -0.143. The lowest BCUT2D eigenvalue weighted by Crippen LogP contribution is -2.23. The van der Waals surface area contributed by atoms with Crippen LogP contribution in [0.3, 0.4) is 0 Å². The first-order valence-electron chi connectivity index (χ1n) is 6.20. The van der Waals surface area contributed by atoms with E-state index >= 15 is 0 Å². The van der Waals surface area contributed by atoms with E-state index < -0.39 is 0 Å². The minimum absolute atomic E-state index is 0.143. The van der Waals surface area contributed by atoms with Crippen LogP contribution in [0.15, 0.2) is 30.3 Å². The standard InChI is InChI=1S/C15H15ClN2OS/c1-9-7-10(2)18-15(20)13(9)8-17-14(19)11-3-5-12(16)6-4-11/h3-7H,8H2,1-2H3,(H,17,19)(H,18,20). The number of hydrogen-bond acceptors (Lipinski definition) is 2. The zero-order valence-electron chi connectivity index (χ0n) is 11.3. The summed E-state index contributed by atoms with van der Waals surface area (Å²) in [6, 6.07) is 8.79. The van der Waals surface area contributed by atoms with Crippen molar-refractivity contribution in [1.29, 1.82) is 0 Å². The summed E-state index contributed by atoms with van der Waals surface area (Å²) < 4.78 is 0.666. The Bertz CT molecular complexity index is 692. The largest absolute Gasteiger partial charge is 0.350 e. The molecule has 3 nitrogen and oxygen atoms in total. The van der Waals surface area contributed by atoms with E-state index in [1.54, 1.807) is 24.3 Å². The molecule has 0 atom stereocenters. The molecule has 1 amide bonds. The zero-order chi connectivity index (χ0) is 14.7. The number of carbonyl (C=O) groups is 1. The quantitative estimate of drug-likeness (QED) is 0.844. The van der Waals surface area contributed by atoms with Crippen LogP contribution in [0.4, 0.5) is 0 Å². The van der Waals surface area contributed by atoms with E-state index in [1.165, 1.54) is 0 Å². The van der Waals surface area contributed by atoms with E-state index in [0.29, 0.717) is 21.8 Å². The number of hydrogen-bond donors (Lipinski definition) is 2. The maximum Gasteiger partial charge on any atom is 0.251 e. The normalized spacial score (nSPS) is 10.3. The number of amides is 1. The first-order valence-corrected chi connectivity index (χ1v) is 6.99. The van der Waals surface area contributed by atoms with Gasteiger partial charge in [0, 0.05) is 28.4 Å². The van der Waals surface area contributed by atoms with Gasteiger partial charge in [-0.05, 0) is 49.7 Å². The fourth-order valence-electron chi connectivity index (χ4n) is 1.97. The highest BCUT2D eigenvalue weighted by atomic mass is 35.5. The van der Waals surface area contributed by atoms with Gasteiger partial charge in [0.05, 0.1) is 0 Å². The van der Waals surface area contributed by atoms with Gasteiger partial charge in [-0.3, -0.25) is 4.79 Å². The summed E-state index contributed by atoms with van der Waals surface area (Å²) in [5, 5.41) is 3.48. The van der Waals surface area contributed by atoms with E-state index in [-0.39, 0.29) is 5.91 Å². The smallest absolute Gasteiger partial charge is 0.251 e. The van der Waals surface area contributed by atoms with Gasteiger partial charge in [0.15, 0.2) is 0 Å². The Balaban J connectivity index is 2.11. The van der Waals surface area contributed by atoms with Gasteiger partial charge < -0.3 is 10.3 Å². The molecule has 1 heterocycles. The molecule has 0 saturated heterocycles. The maximum absolute atomic E-state index is 12.0. The SMILES string of the molecule is Cc1cc(C)c(CNC(=O)c2ccc(Cl)cc2)c(=S)[nH]1. The van der Waals surface area contributed by atoms with E-state index in [4.69, 9.17) is 23.8 Å². The number of aromatic nitrogens is 1. The highest BCUT2D eigenvalue weighted by Crippen LogP contribution is 2.12. The molecule has 0 saturated carbocycles. The number of nitrogens with one attached hydrogen (secondary N) is 2. The molecular weight excluding hydrogens is 292 g/mol. The molecule has 0 radical (unpaired) electrons. The van der Waals surface area contributed by atoms with Crippen molar-refractivity contribution in [3.63, 3.8) is 0 Å². The second-order valence-electron chi connectivity index (χ2n) is 4.63. The molecule has 2 aromatic rings. The molecule has 1 aromatic carbocycles. The van der Waals surface area contributed by atoms with Crippen molar-refractivity contribution in [2.75, 3.05) is 0 Å². The molecule has 5 heteroatoms. The number of pyridine rings is 1. The molecule has 104 valence electrons. The van der Waals surface area contributed by atoms with Gasteiger partial charge in [-0.15, -0.1) is 0 Å². The predicted molar refractivity (Wildman–Crippen MR) is 83.7 cm³/mol. The van der Waals surface area contributed by atoms with Crippen LogP contribution in [-0.4, -0.2) is 10.9 Å². The van der Waals surface area contributed by atoms with Crippen molar-refractivity contribution >= 4 is 29.7 Å². The van der Waals surface area contributed by atoms with Crippen molar-refractivity contribution < 1.29 is 4.79 Å². The van der Waals surface area contributed by atoms with Crippen LogP contribution in [0.25, 0.3) is 0 Å². The molecule has 1 aromatic heterocycles. The monoisotopic (exact) mass is 306 g/mol. The Kier molecular flexibility index (Phi) is 4.57. The molecule has 2 N–H and O–H groups in total. The Labute approximate surface area is 128 Å². The predicted octanol–water partition coefficient (Wildman–Crippen LogP) is 3.94. The Morgan fingerprint density at radius 1 is 1.30 bits per heavy atom. The van der Waals surface area contributed by atoms with E-state index in [0.717, 1.165) is 16.8 Å². The van der Waals surface area contributed by atoms with Crippen molar-refractivity contribution in [3.8, 4) is 0 Å². The van der Waals surface area contributed by atoms with Crippen LogP contribution in [0.2, 0.25) is 5.02 Å². The Morgan fingerprint density at radius 3 is 2.55 bits per heavy atom. The molecule has 0 unspecified atom stereocenters. The molecule has 20 heavy (non-hydrogen) atoms. The van der Waals surface area contributed by atoms with E-state index in [9.17, 15) is 4.79 Å². The van der Waals surface area contributed by atoms with Gasteiger partial charge in [-0.1, -0.05) is 23.8 Å². The number of H-pyrrole nitrogens is 1. The van der Waals surface area contributed by atoms with Crippen LogP contribution in [0.1, 0.15) is 27.2 Å². The third kappa shape index (κ3) is 3.46. The summed E-state index contributed by atoms with van der Waals surface area (Å²) in [6.07, 6.45) is 0. The Morgan fingerprint density at radius 2 is 1.95 bits per heavy atom. The van der Waals surface area contributed by atoms with E-state index in [1.807, 2.05) is 19.9 Å². The minimum atomic E-state index is -0.143. The second kappa shape index (κ2) is 6.20. The van der Waals surface area contributed by atoms with Crippen LogP contribution in [0.5, 0.6) is 0 Å². The van der Waals surface area contributed by atoms with Gasteiger partial charge in [-0.2, -0.15) is 0 Å². The topological polar surface area (TPSA) is 44.9 Å². The molecular formula is C15H15ClN2OS. The fraction of sp³-hybridized carbons (Fsp3) is 0.200. The van der Waals surface area contributed by atoms with Crippen molar-refractivity contribution in [3.05, 3.63) is 62.4 Å². The molecule has 0 fully saturated rings. The number of aromatic amines is 1. The summed E-state index contributed by atoms with van der Waals surface area (Å²) in [4.78, 5) is 15.1. The summed E-state index contributed by atoms with van der Waals surface area (Å²) >= 11 is 11.1. The number of benzene rings is 1. The van der Waals surface area contributed by atoms with Gasteiger partial charge in [0.2, 0.25) is 0 Å². The molecule has 0 aliphatic rings. The highest BCUT2D eigenvalue weighted by Gasteiger charge is 2.07. The molecule has 0 aliphatic carbocycles. The number of aryl methyl sites for hydroxylation is 2. The van der Waals surface area contributed by atoms with Crippen LogP contribution < -0.4 is 5.32 Å². The average molecular weight is 307 g/mol. The number of halogens is 1. The Hall–Kier alpha value is -1.65. The lowest BCUT2D eigenvalue weighted by atomic mass is 10.1. The summed E-state index contributed by atoms with van der Waals surface area (Å²) in [6.45, 7) is 4.35. The van der Waals surface area contributed by atoms with Crippen molar-refractivity contribution in [1.82, 2.24) is 10.3 Å². The van der Waals surface area contributed by atoms with E-state index in [2.05, 4.69) is 10.3 Å². The van der Waals surface area contributed by atoms with Crippen LogP contribution >= 0.6 is 23.8 Å². The third-order valence-corrected chi connectivity index (χ3v) is 3.63. The molecule has 0 spiro atoms. The molecule has 0 bridgehead atoms. The maximum atomic E-state index is 12.0. The summed E-state index contributed by atoms with van der Waals surface area (Å²) in [5.41, 5.74) is 3.60. The number of carbonyl (C=O) groups excluding carboxylic acids is 1. The molecule has 2 rings (SSSR count). The average Bonchev–Trinajstić information content (AvgIpc) is 2.38. The van der Waals surface area contributed by atoms with Gasteiger partial charge in [-0.25, -0.2) is 0 Å². The minimum Gasteiger partial charge on any atom is -0.350 e. The van der Waals surface area contributed by atoms with Gasteiger partial charge >= 0.3 is 0 Å². The van der Waals surface area contributed by atoms with Crippen molar-refractivity contribution in [2.24, 2.45) is 0 Å². The van der Waals surface area contributed by atoms with Crippen LogP contribution in [-0.2, 0) is 6.54 Å². The first-order chi connectivity index (χ1) is 9.47. The third-order valence-electron chi connectivity index (χ3n) is 3.03. The first kappa shape index (κ1) is 14.8. The molecule has 0 aliphatic heterocycles. The van der Waals surface area contributed by atoms with Crippen molar-refractivity contribution in [2.45, 2.75) is 20.4 Å². The van der Waals surface area contributed by atoms with Gasteiger partial charge in [0.25, 0.3) is 5.91 Å². The van der Waals surface area contributed by atoms with Gasteiger partial charge in [0.1, 0.15) is 4.64 Å². The zero-order valence-corrected chi connectivity index (χ0v) is 12.9. The van der Waals surface area contributed by atoms with Crippen LogP contribution in [0, 0.1) is 18.5 Å². The number of rotatable bonds is 3. The second-order valence-corrected chi connectivity index (χ2v) is 5.48. The lowest BCUT2D eigenvalue weighted by Gasteiger charge is -2.09.